The van der Waals surface area contributed by atoms with E-state index in [-0.39, 0.29) is 18.0 Å². The fourth-order valence-corrected chi connectivity index (χ4v) is 2.11. The lowest BCUT2D eigenvalue weighted by Gasteiger charge is -2.09. The molecule has 106 valence electrons. The van der Waals surface area contributed by atoms with Crippen LogP contribution in [-0.2, 0) is 11.3 Å². The lowest BCUT2D eigenvalue weighted by molar-refractivity contribution is -0.121. The van der Waals surface area contributed by atoms with Crippen LogP contribution in [0.25, 0.3) is 10.8 Å². The number of amides is 1. The molecule has 0 aliphatic rings. The minimum Gasteiger partial charge on any atom is -0.354 e. The zero-order chi connectivity index (χ0) is 14.5. The molecule has 1 aromatic heterocycles. The van der Waals surface area contributed by atoms with Gasteiger partial charge < -0.3 is 5.32 Å². The molecule has 5 heteroatoms. The van der Waals surface area contributed by atoms with Gasteiger partial charge in [-0.15, -0.1) is 0 Å². The summed E-state index contributed by atoms with van der Waals surface area (Å²) in [5, 5.41) is 8.43. The number of hydrogen-bond acceptors (Lipinski definition) is 3. The first-order valence-electron chi connectivity index (χ1n) is 6.86. The molecule has 0 aliphatic carbocycles. The number of unbranched alkanes of at least 4 members (excludes halogenated alkanes) is 1. The molecular weight excluding hydrogens is 254 g/mol. The van der Waals surface area contributed by atoms with Crippen LogP contribution in [0.3, 0.4) is 0 Å². The van der Waals surface area contributed by atoms with Gasteiger partial charge in [0, 0.05) is 11.9 Å². The van der Waals surface area contributed by atoms with E-state index in [2.05, 4.69) is 17.3 Å². The maximum atomic E-state index is 12.3. The summed E-state index contributed by atoms with van der Waals surface area (Å²) in [5.74, 6) is -0.178. The standard InChI is InChI=1S/C15H19N3O2/c1-3-4-9-16-14(19)10-18-15(20)13-8-6-5-7-12(13)11(2)17-18/h5-8H,3-4,9-10H2,1-2H3,(H,16,19). The molecule has 1 amide bonds. The average Bonchev–Trinajstić information content (AvgIpc) is 2.45. The highest BCUT2D eigenvalue weighted by atomic mass is 16.2. The largest absolute Gasteiger partial charge is 0.354 e. The summed E-state index contributed by atoms with van der Waals surface area (Å²) in [7, 11) is 0. The van der Waals surface area contributed by atoms with E-state index in [1.165, 1.54) is 4.68 Å². The number of fused-ring (bicyclic) bond motifs is 1. The maximum absolute atomic E-state index is 12.3. The van der Waals surface area contributed by atoms with E-state index in [0.717, 1.165) is 23.9 Å². The summed E-state index contributed by atoms with van der Waals surface area (Å²) in [4.78, 5) is 24.0. The van der Waals surface area contributed by atoms with Crippen molar-refractivity contribution in [2.24, 2.45) is 0 Å². The van der Waals surface area contributed by atoms with Gasteiger partial charge in [0.1, 0.15) is 6.54 Å². The fourth-order valence-electron chi connectivity index (χ4n) is 2.11. The third-order valence-electron chi connectivity index (χ3n) is 3.20. The van der Waals surface area contributed by atoms with Crippen molar-refractivity contribution in [2.75, 3.05) is 6.54 Å². The Morgan fingerprint density at radius 1 is 1.30 bits per heavy atom. The second kappa shape index (κ2) is 6.32. The molecule has 1 heterocycles. The molecule has 0 bridgehead atoms. The Morgan fingerprint density at radius 3 is 2.70 bits per heavy atom. The van der Waals surface area contributed by atoms with Crippen LogP contribution in [-0.4, -0.2) is 22.2 Å². The molecule has 0 atom stereocenters. The van der Waals surface area contributed by atoms with E-state index in [1.807, 2.05) is 25.1 Å². The summed E-state index contributed by atoms with van der Waals surface area (Å²) in [6.45, 7) is 4.50. The maximum Gasteiger partial charge on any atom is 0.275 e. The molecule has 5 nitrogen and oxygen atoms in total. The molecule has 0 unspecified atom stereocenters. The second-order valence-electron chi connectivity index (χ2n) is 4.80. The Labute approximate surface area is 117 Å². The highest BCUT2D eigenvalue weighted by Crippen LogP contribution is 2.11. The molecule has 0 spiro atoms. The monoisotopic (exact) mass is 273 g/mol. The van der Waals surface area contributed by atoms with Crippen LogP contribution >= 0.6 is 0 Å². The van der Waals surface area contributed by atoms with Gasteiger partial charge in [-0.2, -0.15) is 5.10 Å². The Hall–Kier alpha value is -2.17. The van der Waals surface area contributed by atoms with E-state index in [4.69, 9.17) is 0 Å². The van der Waals surface area contributed by atoms with Crippen molar-refractivity contribution >= 4 is 16.7 Å². The van der Waals surface area contributed by atoms with Crippen molar-refractivity contribution in [3.05, 3.63) is 40.3 Å². The Balaban J connectivity index is 2.25. The topological polar surface area (TPSA) is 64.0 Å². The molecule has 1 aromatic carbocycles. The van der Waals surface area contributed by atoms with Crippen molar-refractivity contribution in [3.63, 3.8) is 0 Å². The molecule has 1 N–H and O–H groups in total. The summed E-state index contributed by atoms with van der Waals surface area (Å²) in [6, 6.07) is 7.32. The molecule has 2 rings (SSSR count). The van der Waals surface area contributed by atoms with Gasteiger partial charge in [-0.3, -0.25) is 9.59 Å². The number of hydrogen-bond donors (Lipinski definition) is 1. The second-order valence-corrected chi connectivity index (χ2v) is 4.80. The van der Waals surface area contributed by atoms with Crippen LogP contribution in [0.4, 0.5) is 0 Å². The van der Waals surface area contributed by atoms with Gasteiger partial charge >= 0.3 is 0 Å². The van der Waals surface area contributed by atoms with Gasteiger partial charge in [0.15, 0.2) is 0 Å². The van der Waals surface area contributed by atoms with Crippen molar-refractivity contribution in [1.29, 1.82) is 0 Å². The van der Waals surface area contributed by atoms with Crippen molar-refractivity contribution in [2.45, 2.75) is 33.2 Å². The number of rotatable bonds is 5. The molecule has 2 aromatic rings. The van der Waals surface area contributed by atoms with Crippen molar-refractivity contribution in [3.8, 4) is 0 Å². The van der Waals surface area contributed by atoms with E-state index < -0.39 is 0 Å². The number of aryl methyl sites for hydroxylation is 1. The van der Waals surface area contributed by atoms with Crippen LogP contribution in [0.5, 0.6) is 0 Å². The zero-order valence-corrected chi connectivity index (χ0v) is 11.8. The van der Waals surface area contributed by atoms with Crippen LogP contribution in [0.1, 0.15) is 25.5 Å². The zero-order valence-electron chi connectivity index (χ0n) is 11.8. The number of aromatic nitrogens is 2. The normalized spacial score (nSPS) is 10.7. The quantitative estimate of drug-likeness (QED) is 0.842. The van der Waals surface area contributed by atoms with Gasteiger partial charge in [0.2, 0.25) is 5.91 Å². The molecule has 0 saturated carbocycles. The first-order chi connectivity index (χ1) is 9.63. The number of nitrogens with one attached hydrogen (secondary N) is 1. The van der Waals surface area contributed by atoms with E-state index in [1.54, 1.807) is 6.07 Å². The highest BCUT2D eigenvalue weighted by molar-refractivity contribution is 5.83. The molecule has 0 saturated heterocycles. The first-order valence-corrected chi connectivity index (χ1v) is 6.86. The average molecular weight is 273 g/mol. The summed E-state index contributed by atoms with van der Waals surface area (Å²) >= 11 is 0. The van der Waals surface area contributed by atoms with E-state index >= 15 is 0 Å². The van der Waals surface area contributed by atoms with Crippen molar-refractivity contribution < 1.29 is 4.79 Å². The summed E-state index contributed by atoms with van der Waals surface area (Å²) < 4.78 is 1.24. The number of nitrogens with zero attached hydrogens (tertiary/aromatic N) is 2. The van der Waals surface area contributed by atoms with Gasteiger partial charge in [-0.25, -0.2) is 4.68 Å². The smallest absolute Gasteiger partial charge is 0.275 e. The Bertz CT molecular complexity index is 676. The van der Waals surface area contributed by atoms with Gasteiger partial charge in [0.05, 0.1) is 11.1 Å². The van der Waals surface area contributed by atoms with Crippen LogP contribution in [0.2, 0.25) is 0 Å². The molecule has 0 fully saturated rings. The van der Waals surface area contributed by atoms with Gasteiger partial charge in [-0.05, 0) is 19.4 Å². The van der Waals surface area contributed by atoms with Crippen molar-refractivity contribution in [1.82, 2.24) is 15.1 Å². The number of carbonyl (C=O) groups excluding carboxylic acids is 1. The third-order valence-corrected chi connectivity index (χ3v) is 3.20. The van der Waals surface area contributed by atoms with Gasteiger partial charge in [0.25, 0.3) is 5.56 Å². The fraction of sp³-hybridized carbons (Fsp3) is 0.400. The highest BCUT2D eigenvalue weighted by Gasteiger charge is 2.10. The third kappa shape index (κ3) is 3.04. The Kier molecular flexibility index (Phi) is 4.50. The predicted molar refractivity (Wildman–Crippen MR) is 78.7 cm³/mol. The van der Waals surface area contributed by atoms with Crippen LogP contribution in [0, 0.1) is 6.92 Å². The van der Waals surface area contributed by atoms with E-state index in [9.17, 15) is 9.59 Å². The minimum atomic E-state index is -0.225. The lowest BCUT2D eigenvalue weighted by Crippen LogP contribution is -2.34. The SMILES string of the molecule is CCCCNC(=O)Cn1nc(C)c2ccccc2c1=O. The lowest BCUT2D eigenvalue weighted by atomic mass is 10.1. The summed E-state index contributed by atoms with van der Waals surface area (Å²) in [6.07, 6.45) is 1.96. The first kappa shape index (κ1) is 14.2. The number of carbonyl (C=O) groups is 1. The van der Waals surface area contributed by atoms with Gasteiger partial charge in [-0.1, -0.05) is 31.5 Å². The minimum absolute atomic E-state index is 0.0335. The van der Waals surface area contributed by atoms with Crippen LogP contribution < -0.4 is 10.9 Å². The Morgan fingerprint density at radius 2 is 2.00 bits per heavy atom. The molecule has 20 heavy (non-hydrogen) atoms. The molecular formula is C15H19N3O2. The molecule has 0 aliphatic heterocycles. The summed E-state index contributed by atoms with van der Waals surface area (Å²) in [5.41, 5.74) is 0.526. The molecule has 0 radical (unpaired) electrons. The predicted octanol–water partition coefficient (Wildman–Crippen LogP) is 1.62. The van der Waals surface area contributed by atoms with Crippen LogP contribution in [0.15, 0.2) is 29.1 Å². The van der Waals surface area contributed by atoms with E-state index in [0.29, 0.717) is 11.9 Å². The number of benzene rings is 1.